The second kappa shape index (κ2) is 12.8. The molecule has 1 heterocycles. The van der Waals surface area contributed by atoms with Crippen LogP contribution in [0.3, 0.4) is 0 Å². The molecule has 0 radical (unpaired) electrons. The van der Waals surface area contributed by atoms with Gasteiger partial charge in [-0.3, -0.25) is 0 Å². The van der Waals surface area contributed by atoms with Gasteiger partial charge in [0.05, 0.1) is 0 Å². The second-order valence-corrected chi connectivity index (χ2v) is 12.5. The fourth-order valence-electron chi connectivity index (χ4n) is 7.08. The number of benzene rings is 8. The Balaban J connectivity index is 1.08. The van der Waals surface area contributed by atoms with Gasteiger partial charge < -0.3 is 9.32 Å². The summed E-state index contributed by atoms with van der Waals surface area (Å²) < 4.78 is 6.18. The molecule has 0 aliphatic heterocycles. The standard InChI is InChI=1S/C48H33NO/c1-4-13-35(14-5-1)42-32-27-38(33-45(42)36-15-6-2-7-16-36)34-23-28-40(29-24-34)49(39-17-8-3-9-18-39)41-30-25-37(26-31-41)43-20-12-22-47-48(43)44-19-10-11-21-46(44)50-47/h1-33H. The molecule has 1 aromatic heterocycles. The monoisotopic (exact) mass is 639 g/mol. The molecule has 2 nitrogen and oxygen atoms in total. The van der Waals surface area contributed by atoms with Gasteiger partial charge in [0.2, 0.25) is 0 Å². The molecule has 0 saturated carbocycles. The highest BCUT2D eigenvalue weighted by Crippen LogP contribution is 2.41. The fraction of sp³-hybridized carbons (Fsp3) is 0. The van der Waals surface area contributed by atoms with Crippen LogP contribution in [-0.4, -0.2) is 0 Å². The summed E-state index contributed by atoms with van der Waals surface area (Å²) >= 11 is 0. The summed E-state index contributed by atoms with van der Waals surface area (Å²) in [6.07, 6.45) is 0. The minimum absolute atomic E-state index is 0.907. The number of anilines is 3. The first-order valence-electron chi connectivity index (χ1n) is 17.0. The second-order valence-electron chi connectivity index (χ2n) is 12.5. The Bertz CT molecular complexity index is 2550. The lowest BCUT2D eigenvalue weighted by molar-refractivity contribution is 0.669. The molecule has 8 aromatic carbocycles. The maximum Gasteiger partial charge on any atom is 0.136 e. The van der Waals surface area contributed by atoms with Crippen LogP contribution in [0.2, 0.25) is 0 Å². The Labute approximate surface area is 292 Å². The first kappa shape index (κ1) is 29.5. The van der Waals surface area contributed by atoms with E-state index in [9.17, 15) is 0 Å². The molecule has 0 aliphatic carbocycles. The first-order chi connectivity index (χ1) is 24.8. The van der Waals surface area contributed by atoms with E-state index in [0.717, 1.165) is 44.6 Å². The molecule has 0 N–H and O–H groups in total. The van der Waals surface area contributed by atoms with Crippen molar-refractivity contribution in [1.29, 1.82) is 0 Å². The van der Waals surface area contributed by atoms with E-state index in [0.29, 0.717) is 0 Å². The summed E-state index contributed by atoms with van der Waals surface area (Å²) in [5.74, 6) is 0. The van der Waals surface area contributed by atoms with Crippen molar-refractivity contribution in [2.24, 2.45) is 0 Å². The van der Waals surface area contributed by atoms with E-state index in [1.807, 2.05) is 18.2 Å². The van der Waals surface area contributed by atoms with Crippen LogP contribution in [0.15, 0.2) is 205 Å². The Morgan fingerprint density at radius 1 is 0.300 bits per heavy atom. The van der Waals surface area contributed by atoms with E-state index in [2.05, 4.69) is 187 Å². The van der Waals surface area contributed by atoms with Crippen LogP contribution >= 0.6 is 0 Å². The van der Waals surface area contributed by atoms with Gasteiger partial charge in [0.15, 0.2) is 0 Å². The summed E-state index contributed by atoms with van der Waals surface area (Å²) in [4.78, 5) is 2.31. The largest absolute Gasteiger partial charge is 0.456 e. The van der Waals surface area contributed by atoms with E-state index in [1.54, 1.807) is 0 Å². The van der Waals surface area contributed by atoms with Crippen molar-refractivity contribution in [1.82, 2.24) is 0 Å². The van der Waals surface area contributed by atoms with Gasteiger partial charge in [-0.25, -0.2) is 0 Å². The van der Waals surface area contributed by atoms with Gasteiger partial charge in [-0.1, -0.05) is 146 Å². The lowest BCUT2D eigenvalue weighted by atomic mass is 9.91. The highest BCUT2D eigenvalue weighted by molar-refractivity contribution is 6.12. The third-order valence-corrected chi connectivity index (χ3v) is 9.50. The third kappa shape index (κ3) is 5.43. The topological polar surface area (TPSA) is 16.4 Å². The molecule has 9 rings (SSSR count). The van der Waals surface area contributed by atoms with Crippen LogP contribution in [-0.2, 0) is 0 Å². The van der Waals surface area contributed by atoms with Crippen LogP contribution in [0.1, 0.15) is 0 Å². The molecule has 0 fully saturated rings. The molecule has 0 aliphatic rings. The quantitative estimate of drug-likeness (QED) is 0.173. The van der Waals surface area contributed by atoms with Crippen molar-refractivity contribution in [2.45, 2.75) is 0 Å². The number of hydrogen-bond acceptors (Lipinski definition) is 2. The Hall–Kier alpha value is -6.64. The highest BCUT2D eigenvalue weighted by Gasteiger charge is 2.16. The van der Waals surface area contributed by atoms with Gasteiger partial charge in [0, 0.05) is 27.8 Å². The molecule has 0 unspecified atom stereocenters. The lowest BCUT2D eigenvalue weighted by Gasteiger charge is -2.26. The molecule has 236 valence electrons. The summed E-state index contributed by atoms with van der Waals surface area (Å²) in [5.41, 5.74) is 14.7. The van der Waals surface area contributed by atoms with E-state index in [1.165, 1.54) is 38.9 Å². The number of fused-ring (bicyclic) bond motifs is 3. The van der Waals surface area contributed by atoms with Gasteiger partial charge in [-0.05, 0) is 99.1 Å². The van der Waals surface area contributed by atoms with E-state index >= 15 is 0 Å². The molecule has 2 heteroatoms. The van der Waals surface area contributed by atoms with Crippen molar-refractivity contribution in [3.63, 3.8) is 0 Å². The highest BCUT2D eigenvalue weighted by atomic mass is 16.3. The molecule has 0 amide bonds. The van der Waals surface area contributed by atoms with Crippen molar-refractivity contribution >= 4 is 39.0 Å². The van der Waals surface area contributed by atoms with Crippen LogP contribution < -0.4 is 4.90 Å². The number of hydrogen-bond donors (Lipinski definition) is 0. The molecular weight excluding hydrogens is 607 g/mol. The van der Waals surface area contributed by atoms with Gasteiger partial charge in [0.1, 0.15) is 11.2 Å². The van der Waals surface area contributed by atoms with E-state index < -0.39 is 0 Å². The molecule has 0 bridgehead atoms. The number of nitrogens with zero attached hydrogens (tertiary/aromatic N) is 1. The Morgan fingerprint density at radius 3 is 1.48 bits per heavy atom. The normalized spacial score (nSPS) is 11.2. The fourth-order valence-corrected chi connectivity index (χ4v) is 7.08. The van der Waals surface area contributed by atoms with Crippen LogP contribution in [0.5, 0.6) is 0 Å². The van der Waals surface area contributed by atoms with Gasteiger partial charge in [-0.2, -0.15) is 0 Å². The number of para-hydroxylation sites is 2. The number of rotatable bonds is 7. The maximum absolute atomic E-state index is 6.18. The smallest absolute Gasteiger partial charge is 0.136 e. The summed E-state index contributed by atoms with van der Waals surface area (Å²) in [5, 5.41) is 2.29. The summed E-state index contributed by atoms with van der Waals surface area (Å²) in [6.45, 7) is 0. The van der Waals surface area contributed by atoms with E-state index in [-0.39, 0.29) is 0 Å². The van der Waals surface area contributed by atoms with Gasteiger partial charge >= 0.3 is 0 Å². The Morgan fingerprint density at radius 2 is 0.800 bits per heavy atom. The molecule has 9 aromatic rings. The van der Waals surface area contributed by atoms with Crippen molar-refractivity contribution in [3.05, 3.63) is 200 Å². The average Bonchev–Trinajstić information content (AvgIpc) is 3.59. The Kier molecular flexibility index (Phi) is 7.53. The molecule has 0 atom stereocenters. The molecule has 0 saturated heterocycles. The van der Waals surface area contributed by atoms with Crippen molar-refractivity contribution in [2.75, 3.05) is 4.90 Å². The molecule has 0 spiro atoms. The minimum Gasteiger partial charge on any atom is -0.456 e. The third-order valence-electron chi connectivity index (χ3n) is 9.50. The predicted octanol–water partition coefficient (Wildman–Crippen LogP) is 13.7. The summed E-state index contributed by atoms with van der Waals surface area (Å²) in [6, 6.07) is 71.0. The SMILES string of the molecule is c1ccc(-c2ccc(-c3ccc(N(c4ccccc4)c4ccc(-c5cccc6oc7ccccc7c56)cc4)cc3)cc2-c2ccccc2)cc1. The zero-order chi connectivity index (χ0) is 33.3. The molecule has 50 heavy (non-hydrogen) atoms. The molecular formula is C48H33NO. The predicted molar refractivity (Wildman–Crippen MR) is 210 cm³/mol. The van der Waals surface area contributed by atoms with Crippen LogP contribution in [0.25, 0.3) is 66.4 Å². The van der Waals surface area contributed by atoms with Gasteiger partial charge in [0.25, 0.3) is 0 Å². The lowest BCUT2D eigenvalue weighted by Crippen LogP contribution is -2.09. The van der Waals surface area contributed by atoms with Crippen LogP contribution in [0, 0.1) is 0 Å². The van der Waals surface area contributed by atoms with E-state index in [4.69, 9.17) is 4.42 Å². The van der Waals surface area contributed by atoms with Crippen molar-refractivity contribution < 1.29 is 4.42 Å². The average molecular weight is 640 g/mol. The van der Waals surface area contributed by atoms with Crippen LogP contribution in [0.4, 0.5) is 17.1 Å². The minimum atomic E-state index is 0.907. The maximum atomic E-state index is 6.18. The zero-order valence-corrected chi connectivity index (χ0v) is 27.4. The first-order valence-corrected chi connectivity index (χ1v) is 17.0. The zero-order valence-electron chi connectivity index (χ0n) is 27.4. The summed E-state index contributed by atoms with van der Waals surface area (Å²) in [7, 11) is 0. The van der Waals surface area contributed by atoms with Gasteiger partial charge in [-0.15, -0.1) is 0 Å². The number of furan rings is 1. The van der Waals surface area contributed by atoms with Crippen molar-refractivity contribution in [3.8, 4) is 44.5 Å².